The summed E-state index contributed by atoms with van der Waals surface area (Å²) < 4.78 is 5.52. The van der Waals surface area contributed by atoms with Crippen molar-refractivity contribution in [2.75, 3.05) is 18.5 Å². The van der Waals surface area contributed by atoms with Crippen molar-refractivity contribution in [3.63, 3.8) is 0 Å². The molecule has 100 valence electrons. The number of aromatic amines is 1. The van der Waals surface area contributed by atoms with Gasteiger partial charge in [-0.3, -0.25) is 0 Å². The number of rotatable bonds is 6. The van der Waals surface area contributed by atoms with Gasteiger partial charge in [-0.2, -0.15) is 0 Å². The molecule has 2 aromatic rings. The van der Waals surface area contributed by atoms with Crippen molar-refractivity contribution in [1.82, 2.24) is 10.2 Å². The molecule has 2 rings (SSSR count). The summed E-state index contributed by atoms with van der Waals surface area (Å²) in [4.78, 5) is 10.1. The van der Waals surface area contributed by atoms with E-state index in [1.165, 1.54) is 6.20 Å². The minimum absolute atomic E-state index is 0.143. The van der Waals surface area contributed by atoms with Gasteiger partial charge in [0.1, 0.15) is 18.6 Å². The molecular weight excluding hydrogens is 248 g/mol. The Bertz CT molecular complexity index is 568. The van der Waals surface area contributed by atoms with Gasteiger partial charge < -0.3 is 20.2 Å². The van der Waals surface area contributed by atoms with Crippen molar-refractivity contribution < 1.29 is 9.66 Å². The lowest BCUT2D eigenvalue weighted by atomic mass is 10.2. The van der Waals surface area contributed by atoms with E-state index in [9.17, 15) is 10.1 Å². The van der Waals surface area contributed by atoms with Crippen LogP contribution in [0.2, 0.25) is 0 Å². The molecule has 1 heterocycles. The summed E-state index contributed by atoms with van der Waals surface area (Å²) in [6.45, 7) is 2.85. The van der Waals surface area contributed by atoms with E-state index in [2.05, 4.69) is 15.5 Å². The summed E-state index contributed by atoms with van der Waals surface area (Å²) in [5.74, 6) is 0.638. The van der Waals surface area contributed by atoms with Gasteiger partial charge in [-0.25, -0.2) is 0 Å². The predicted octanol–water partition coefficient (Wildman–Crippen LogP) is 2.12. The first-order valence-corrected chi connectivity index (χ1v) is 5.78. The van der Waals surface area contributed by atoms with Gasteiger partial charge in [-0.15, -0.1) is 5.10 Å². The molecule has 0 aliphatic carbocycles. The fourth-order valence-corrected chi connectivity index (χ4v) is 1.61. The number of aryl methyl sites for hydroxylation is 1. The molecule has 2 N–H and O–H groups in total. The molecule has 1 aromatic heterocycles. The monoisotopic (exact) mass is 262 g/mol. The SMILES string of the molecule is Cc1cccc(OCCNc2cn[nH]c2[N+](=O)[O-])c1. The fourth-order valence-electron chi connectivity index (χ4n) is 1.61. The molecule has 0 aliphatic heterocycles. The van der Waals surface area contributed by atoms with Crippen LogP contribution in [0.25, 0.3) is 0 Å². The zero-order valence-corrected chi connectivity index (χ0v) is 10.4. The molecule has 0 atom stereocenters. The van der Waals surface area contributed by atoms with E-state index in [0.717, 1.165) is 11.3 Å². The lowest BCUT2D eigenvalue weighted by Crippen LogP contribution is -2.12. The summed E-state index contributed by atoms with van der Waals surface area (Å²) >= 11 is 0. The molecule has 0 radical (unpaired) electrons. The lowest BCUT2D eigenvalue weighted by molar-refractivity contribution is -0.388. The molecule has 1 aromatic carbocycles. The van der Waals surface area contributed by atoms with Gasteiger partial charge >= 0.3 is 5.82 Å². The molecule has 7 heteroatoms. The maximum atomic E-state index is 10.6. The number of nitrogens with one attached hydrogen (secondary N) is 2. The third-order valence-electron chi connectivity index (χ3n) is 2.48. The summed E-state index contributed by atoms with van der Waals surface area (Å²) in [5, 5.41) is 19.5. The van der Waals surface area contributed by atoms with Gasteiger partial charge in [0.15, 0.2) is 5.69 Å². The Morgan fingerprint density at radius 1 is 1.53 bits per heavy atom. The summed E-state index contributed by atoms with van der Waals surface area (Å²) in [7, 11) is 0. The Morgan fingerprint density at radius 2 is 2.37 bits per heavy atom. The van der Waals surface area contributed by atoms with Crippen molar-refractivity contribution in [3.8, 4) is 5.75 Å². The fraction of sp³-hybridized carbons (Fsp3) is 0.250. The van der Waals surface area contributed by atoms with Crippen LogP contribution in [-0.4, -0.2) is 28.3 Å². The third kappa shape index (κ3) is 3.44. The van der Waals surface area contributed by atoms with E-state index in [1.807, 2.05) is 31.2 Å². The van der Waals surface area contributed by atoms with Crippen LogP contribution in [-0.2, 0) is 0 Å². The van der Waals surface area contributed by atoms with E-state index in [1.54, 1.807) is 0 Å². The molecule has 0 fully saturated rings. The number of ether oxygens (including phenoxy) is 1. The van der Waals surface area contributed by atoms with Crippen LogP contribution < -0.4 is 10.1 Å². The molecule has 0 saturated carbocycles. The number of nitro groups is 1. The Balaban J connectivity index is 1.81. The van der Waals surface area contributed by atoms with E-state index < -0.39 is 4.92 Å². The highest BCUT2D eigenvalue weighted by Gasteiger charge is 2.13. The highest BCUT2D eigenvalue weighted by Crippen LogP contribution is 2.19. The first-order valence-electron chi connectivity index (χ1n) is 5.78. The lowest BCUT2D eigenvalue weighted by Gasteiger charge is -2.07. The van der Waals surface area contributed by atoms with E-state index in [-0.39, 0.29) is 5.82 Å². The van der Waals surface area contributed by atoms with Crippen LogP contribution in [0.4, 0.5) is 11.5 Å². The average molecular weight is 262 g/mol. The van der Waals surface area contributed by atoms with Crippen LogP contribution in [0.15, 0.2) is 30.5 Å². The zero-order chi connectivity index (χ0) is 13.7. The first-order chi connectivity index (χ1) is 9.16. The maximum absolute atomic E-state index is 10.6. The predicted molar refractivity (Wildman–Crippen MR) is 70.4 cm³/mol. The van der Waals surface area contributed by atoms with E-state index in [0.29, 0.717) is 18.8 Å². The minimum Gasteiger partial charge on any atom is -0.492 e. The molecule has 0 saturated heterocycles. The van der Waals surface area contributed by atoms with Gasteiger partial charge in [0.2, 0.25) is 0 Å². The molecular formula is C12H14N4O3. The standard InChI is InChI=1S/C12H14N4O3/c1-9-3-2-4-10(7-9)19-6-5-13-11-8-14-15-12(11)16(17)18/h2-4,7-8,13H,5-6H2,1H3,(H,14,15). The largest absolute Gasteiger partial charge is 0.492 e. The highest BCUT2D eigenvalue weighted by atomic mass is 16.6. The summed E-state index contributed by atoms with van der Waals surface area (Å²) in [5.41, 5.74) is 1.48. The van der Waals surface area contributed by atoms with Gasteiger partial charge in [-0.05, 0) is 29.5 Å². The molecule has 0 unspecified atom stereocenters. The zero-order valence-electron chi connectivity index (χ0n) is 10.4. The smallest absolute Gasteiger partial charge is 0.366 e. The Labute approximate surface area is 109 Å². The molecule has 0 bridgehead atoms. The van der Waals surface area contributed by atoms with Gasteiger partial charge in [-0.1, -0.05) is 17.2 Å². The topological polar surface area (TPSA) is 93.1 Å². The van der Waals surface area contributed by atoms with Crippen molar-refractivity contribution in [1.29, 1.82) is 0 Å². The second-order valence-electron chi connectivity index (χ2n) is 3.98. The maximum Gasteiger partial charge on any atom is 0.366 e. The molecule has 0 amide bonds. The second-order valence-corrected chi connectivity index (χ2v) is 3.98. The van der Waals surface area contributed by atoms with Gasteiger partial charge in [0.05, 0.1) is 0 Å². The molecule has 0 aliphatic rings. The van der Waals surface area contributed by atoms with Crippen LogP contribution >= 0.6 is 0 Å². The number of hydrogen-bond acceptors (Lipinski definition) is 5. The van der Waals surface area contributed by atoms with E-state index >= 15 is 0 Å². The Kier molecular flexibility index (Phi) is 3.97. The molecule has 0 spiro atoms. The Morgan fingerprint density at radius 3 is 3.11 bits per heavy atom. The molecule has 19 heavy (non-hydrogen) atoms. The number of nitrogens with zero attached hydrogens (tertiary/aromatic N) is 2. The third-order valence-corrected chi connectivity index (χ3v) is 2.48. The second kappa shape index (κ2) is 5.85. The van der Waals surface area contributed by atoms with Crippen LogP contribution in [0.1, 0.15) is 5.56 Å². The van der Waals surface area contributed by atoms with Crippen LogP contribution in [0.3, 0.4) is 0 Å². The average Bonchev–Trinajstić information content (AvgIpc) is 2.83. The van der Waals surface area contributed by atoms with Crippen molar-refractivity contribution in [2.45, 2.75) is 6.92 Å². The van der Waals surface area contributed by atoms with Crippen molar-refractivity contribution in [3.05, 3.63) is 46.1 Å². The number of benzene rings is 1. The Hall–Kier alpha value is -2.57. The van der Waals surface area contributed by atoms with Crippen LogP contribution in [0, 0.1) is 17.0 Å². The highest BCUT2D eigenvalue weighted by molar-refractivity contribution is 5.55. The normalized spacial score (nSPS) is 10.2. The summed E-state index contributed by atoms with van der Waals surface area (Å²) in [6.07, 6.45) is 1.38. The van der Waals surface area contributed by atoms with E-state index in [4.69, 9.17) is 4.74 Å². The molecule has 7 nitrogen and oxygen atoms in total. The number of anilines is 1. The number of aromatic nitrogens is 2. The summed E-state index contributed by atoms with van der Waals surface area (Å²) in [6, 6.07) is 7.70. The van der Waals surface area contributed by atoms with Gasteiger partial charge in [0, 0.05) is 6.54 Å². The van der Waals surface area contributed by atoms with Crippen LogP contribution in [0.5, 0.6) is 5.75 Å². The quantitative estimate of drug-likeness (QED) is 0.472. The van der Waals surface area contributed by atoms with Crippen molar-refractivity contribution in [2.24, 2.45) is 0 Å². The number of hydrogen-bond donors (Lipinski definition) is 2. The minimum atomic E-state index is -0.517. The van der Waals surface area contributed by atoms with Gasteiger partial charge in [0.25, 0.3) is 0 Å². The first kappa shape index (κ1) is 12.9. The van der Waals surface area contributed by atoms with Crippen molar-refractivity contribution >= 4 is 11.5 Å². The number of H-pyrrole nitrogens is 1.